The molecule has 0 saturated heterocycles. The van der Waals surface area contributed by atoms with E-state index in [0.717, 1.165) is 11.5 Å². The maximum Gasteiger partial charge on any atom is 0.118 e. The van der Waals surface area contributed by atoms with E-state index in [4.69, 9.17) is 9.47 Å². The van der Waals surface area contributed by atoms with E-state index in [9.17, 15) is 0 Å². The van der Waals surface area contributed by atoms with Crippen LogP contribution >= 0.6 is 23.3 Å². The third-order valence-electron chi connectivity index (χ3n) is 2.95. The number of thiol groups is 2. The molecule has 0 aliphatic rings. The molecule has 0 atom stereocenters. The lowest BCUT2D eigenvalue weighted by molar-refractivity contribution is 0.414. The molecule has 0 amide bonds. The second-order valence-corrected chi connectivity index (χ2v) is 4.55. The Labute approximate surface area is 156 Å². The molecule has 2 aromatic carbocycles. The van der Waals surface area contributed by atoms with Crippen LogP contribution in [0.25, 0.3) is 12.2 Å². The SMILES string of the molecule is C/C=C/c1ccc(OC)cc1.C/C=C/c1ccc(OC)cc1.SS. The molecule has 130 valence electrons. The fourth-order valence-electron chi connectivity index (χ4n) is 1.81. The first-order valence-corrected chi connectivity index (χ1v) is 9.07. The Hall–Kier alpha value is -1.78. The van der Waals surface area contributed by atoms with Crippen LogP contribution in [0.1, 0.15) is 25.0 Å². The lowest BCUT2D eigenvalue weighted by Crippen LogP contribution is -1.80. The van der Waals surface area contributed by atoms with Crippen molar-refractivity contribution in [1.29, 1.82) is 0 Å². The minimum absolute atomic E-state index is 0.901. The lowest BCUT2D eigenvalue weighted by Gasteiger charge is -1.98. The molecule has 2 rings (SSSR count). The lowest BCUT2D eigenvalue weighted by atomic mass is 10.2. The van der Waals surface area contributed by atoms with Crippen molar-refractivity contribution >= 4 is 35.5 Å². The Bertz CT molecular complexity index is 533. The summed E-state index contributed by atoms with van der Waals surface area (Å²) in [5.41, 5.74) is 2.40. The van der Waals surface area contributed by atoms with Crippen LogP contribution in [0.5, 0.6) is 11.5 Å². The first-order valence-electron chi connectivity index (χ1n) is 7.47. The molecule has 0 saturated carbocycles. The third kappa shape index (κ3) is 9.38. The van der Waals surface area contributed by atoms with Crippen LogP contribution in [0, 0.1) is 0 Å². The summed E-state index contributed by atoms with van der Waals surface area (Å²) in [4.78, 5) is 0. The molecule has 0 aromatic heterocycles. The van der Waals surface area contributed by atoms with Gasteiger partial charge in [0.05, 0.1) is 14.2 Å². The van der Waals surface area contributed by atoms with Crippen molar-refractivity contribution in [2.45, 2.75) is 13.8 Å². The minimum Gasteiger partial charge on any atom is -0.497 e. The highest BCUT2D eigenvalue weighted by atomic mass is 33.1. The second kappa shape index (κ2) is 14.8. The van der Waals surface area contributed by atoms with Gasteiger partial charge in [-0.15, -0.1) is 23.3 Å². The number of allylic oxidation sites excluding steroid dienone is 2. The number of benzene rings is 2. The average molecular weight is 363 g/mol. The number of methoxy groups -OCH3 is 2. The first kappa shape index (κ1) is 22.2. The Morgan fingerprint density at radius 2 is 0.917 bits per heavy atom. The molecule has 0 N–H and O–H groups in total. The molecule has 0 bridgehead atoms. The molecule has 0 unspecified atom stereocenters. The van der Waals surface area contributed by atoms with E-state index >= 15 is 0 Å². The van der Waals surface area contributed by atoms with Crippen molar-refractivity contribution < 1.29 is 9.47 Å². The highest BCUT2D eigenvalue weighted by Gasteiger charge is 1.88. The van der Waals surface area contributed by atoms with Crippen LogP contribution in [-0.4, -0.2) is 14.2 Å². The molecule has 2 nitrogen and oxygen atoms in total. The van der Waals surface area contributed by atoms with Crippen LogP contribution in [0.3, 0.4) is 0 Å². The summed E-state index contributed by atoms with van der Waals surface area (Å²) in [7, 11) is 3.34. The van der Waals surface area contributed by atoms with Gasteiger partial charge in [0.1, 0.15) is 11.5 Å². The maximum absolute atomic E-state index is 5.02. The van der Waals surface area contributed by atoms with Crippen molar-refractivity contribution in [3.63, 3.8) is 0 Å². The molecule has 24 heavy (non-hydrogen) atoms. The van der Waals surface area contributed by atoms with E-state index in [1.54, 1.807) is 14.2 Å². The third-order valence-corrected chi connectivity index (χ3v) is 2.95. The fraction of sp³-hybridized carbons (Fsp3) is 0.200. The van der Waals surface area contributed by atoms with Gasteiger partial charge in [-0.25, -0.2) is 0 Å². The number of ether oxygens (including phenoxy) is 2. The maximum atomic E-state index is 5.02. The fourth-order valence-corrected chi connectivity index (χ4v) is 1.81. The van der Waals surface area contributed by atoms with E-state index in [2.05, 4.69) is 35.5 Å². The van der Waals surface area contributed by atoms with Gasteiger partial charge in [0.2, 0.25) is 0 Å². The van der Waals surface area contributed by atoms with E-state index in [1.807, 2.05) is 74.5 Å². The van der Waals surface area contributed by atoms with Gasteiger partial charge in [0.25, 0.3) is 0 Å². The van der Waals surface area contributed by atoms with E-state index < -0.39 is 0 Å². The Kier molecular flexibility index (Phi) is 13.7. The zero-order valence-electron chi connectivity index (χ0n) is 14.6. The number of hydrogen-bond donors (Lipinski definition) is 2. The van der Waals surface area contributed by atoms with Gasteiger partial charge < -0.3 is 9.47 Å². The van der Waals surface area contributed by atoms with Gasteiger partial charge in [0.15, 0.2) is 0 Å². The highest BCUT2D eigenvalue weighted by molar-refractivity contribution is 8.59. The van der Waals surface area contributed by atoms with Crippen LogP contribution in [0.15, 0.2) is 60.7 Å². The Balaban J connectivity index is 0.000000400. The van der Waals surface area contributed by atoms with Crippen molar-refractivity contribution in [2.75, 3.05) is 14.2 Å². The predicted octanol–water partition coefficient (Wildman–Crippen LogP) is 6.22. The van der Waals surface area contributed by atoms with Gasteiger partial charge in [0, 0.05) is 0 Å². The summed E-state index contributed by atoms with van der Waals surface area (Å²) in [6.45, 7) is 4.01. The van der Waals surface area contributed by atoms with Gasteiger partial charge in [-0.3, -0.25) is 0 Å². The molecule has 0 radical (unpaired) electrons. The van der Waals surface area contributed by atoms with Crippen LogP contribution in [-0.2, 0) is 0 Å². The van der Waals surface area contributed by atoms with Crippen molar-refractivity contribution in [3.8, 4) is 11.5 Å². The van der Waals surface area contributed by atoms with E-state index in [1.165, 1.54) is 11.1 Å². The van der Waals surface area contributed by atoms with Crippen molar-refractivity contribution in [3.05, 3.63) is 71.8 Å². The summed E-state index contributed by atoms with van der Waals surface area (Å²) in [5.74, 6) is 1.80. The van der Waals surface area contributed by atoms with Crippen molar-refractivity contribution in [2.24, 2.45) is 0 Å². The summed E-state index contributed by atoms with van der Waals surface area (Å²) in [6, 6.07) is 15.9. The molecule has 4 heteroatoms. The predicted molar refractivity (Wildman–Crippen MR) is 113 cm³/mol. The van der Waals surface area contributed by atoms with E-state index in [-0.39, 0.29) is 0 Å². The van der Waals surface area contributed by atoms with Crippen LogP contribution in [0.4, 0.5) is 0 Å². The zero-order chi connectivity index (χ0) is 18.2. The standard InChI is InChI=1S/2C10H12O.H2S2/c2*1-3-4-9-5-7-10(11-2)8-6-9;1-2/h2*3-8H,1-2H3;1-2H/b2*4-3+;. The minimum atomic E-state index is 0.901. The van der Waals surface area contributed by atoms with Crippen molar-refractivity contribution in [1.82, 2.24) is 0 Å². The highest BCUT2D eigenvalue weighted by Crippen LogP contribution is 2.12. The normalized spacial score (nSPS) is 9.75. The second-order valence-electron chi connectivity index (χ2n) is 4.55. The first-order chi connectivity index (χ1) is 11.7. The molecule has 0 aliphatic carbocycles. The average Bonchev–Trinajstić information content (AvgIpc) is 2.66. The van der Waals surface area contributed by atoms with Gasteiger partial charge in [-0.2, -0.15) is 0 Å². The zero-order valence-corrected chi connectivity index (χ0v) is 16.4. The summed E-state index contributed by atoms with van der Waals surface area (Å²) in [6.07, 6.45) is 8.14. The monoisotopic (exact) mass is 362 g/mol. The molecular weight excluding hydrogens is 336 g/mol. The molecule has 0 fully saturated rings. The quantitative estimate of drug-likeness (QED) is 0.497. The smallest absolute Gasteiger partial charge is 0.118 e. The van der Waals surface area contributed by atoms with Gasteiger partial charge >= 0.3 is 0 Å². The van der Waals surface area contributed by atoms with Crippen LogP contribution < -0.4 is 9.47 Å². The van der Waals surface area contributed by atoms with Gasteiger partial charge in [-0.1, -0.05) is 48.6 Å². The van der Waals surface area contributed by atoms with Crippen LogP contribution in [0.2, 0.25) is 0 Å². The number of rotatable bonds is 4. The summed E-state index contributed by atoms with van der Waals surface area (Å²) in [5, 5.41) is 0. The summed E-state index contributed by atoms with van der Waals surface area (Å²) >= 11 is 6.44. The summed E-state index contributed by atoms with van der Waals surface area (Å²) < 4.78 is 10.0. The molecule has 0 aliphatic heterocycles. The molecular formula is C20H26O2S2. The largest absolute Gasteiger partial charge is 0.497 e. The van der Waals surface area contributed by atoms with Gasteiger partial charge in [-0.05, 0) is 49.2 Å². The molecule has 0 heterocycles. The Morgan fingerprint density at radius 3 is 1.12 bits per heavy atom. The Morgan fingerprint density at radius 1 is 0.625 bits per heavy atom. The molecule has 2 aromatic rings. The topological polar surface area (TPSA) is 18.5 Å². The van der Waals surface area contributed by atoms with E-state index in [0.29, 0.717) is 0 Å². The molecule has 0 spiro atoms. The number of hydrogen-bond acceptors (Lipinski definition) is 4.